The summed E-state index contributed by atoms with van der Waals surface area (Å²) < 4.78 is 5.51. The molecule has 6 heteroatoms. The predicted molar refractivity (Wildman–Crippen MR) is 111 cm³/mol. The van der Waals surface area contributed by atoms with Crippen molar-refractivity contribution in [1.29, 1.82) is 0 Å². The Balaban J connectivity index is 0.00000288. The Labute approximate surface area is 163 Å². The van der Waals surface area contributed by atoms with Gasteiger partial charge in [-0.3, -0.25) is 9.89 Å². The van der Waals surface area contributed by atoms with Gasteiger partial charge in [-0.25, -0.2) is 0 Å². The molecule has 0 aromatic heterocycles. The van der Waals surface area contributed by atoms with Gasteiger partial charge in [0.15, 0.2) is 5.96 Å². The van der Waals surface area contributed by atoms with Crippen LogP contribution in [0.5, 0.6) is 0 Å². The molecule has 2 N–H and O–H groups in total. The third kappa shape index (κ3) is 6.57. The summed E-state index contributed by atoms with van der Waals surface area (Å²) in [5, 5.41) is 6.60. The lowest BCUT2D eigenvalue weighted by atomic mass is 10.0. The molecule has 0 radical (unpaired) electrons. The summed E-state index contributed by atoms with van der Waals surface area (Å²) in [4.78, 5) is 7.28. The first-order valence-corrected chi connectivity index (χ1v) is 8.65. The quantitative estimate of drug-likeness (QED) is 0.401. The van der Waals surface area contributed by atoms with Gasteiger partial charge < -0.3 is 15.4 Å². The third-order valence-corrected chi connectivity index (χ3v) is 4.02. The Hall–Kier alpha value is -0.860. The number of morpholine rings is 1. The first kappa shape index (κ1) is 21.2. The highest BCUT2D eigenvalue weighted by atomic mass is 127. The lowest BCUT2D eigenvalue weighted by molar-refractivity contribution is 0.0179. The van der Waals surface area contributed by atoms with Gasteiger partial charge in [0, 0.05) is 26.2 Å². The van der Waals surface area contributed by atoms with Crippen LogP contribution in [0.3, 0.4) is 0 Å². The highest BCUT2D eigenvalue weighted by Gasteiger charge is 2.22. The fraction of sp³-hybridized carbons (Fsp3) is 0.611. The van der Waals surface area contributed by atoms with Crippen LogP contribution in [-0.2, 0) is 4.74 Å². The number of hydrogen-bond acceptors (Lipinski definition) is 3. The number of guanidine groups is 1. The van der Waals surface area contributed by atoms with Crippen LogP contribution in [0.1, 0.15) is 31.0 Å². The van der Waals surface area contributed by atoms with Crippen molar-refractivity contribution in [3.63, 3.8) is 0 Å². The van der Waals surface area contributed by atoms with Crippen LogP contribution in [0.15, 0.2) is 29.3 Å². The first-order valence-electron chi connectivity index (χ1n) is 8.65. The number of nitrogens with zero attached hydrogens (tertiary/aromatic N) is 2. The van der Waals surface area contributed by atoms with Crippen molar-refractivity contribution >= 4 is 29.9 Å². The fourth-order valence-corrected chi connectivity index (χ4v) is 2.89. The van der Waals surface area contributed by atoms with Crippen molar-refractivity contribution in [2.75, 3.05) is 45.9 Å². The average Bonchev–Trinajstić information content (AvgIpc) is 2.56. The van der Waals surface area contributed by atoms with Gasteiger partial charge in [-0.1, -0.05) is 29.8 Å². The number of hydrogen-bond donors (Lipinski definition) is 2. The molecule has 24 heavy (non-hydrogen) atoms. The van der Waals surface area contributed by atoms with E-state index in [1.54, 1.807) is 0 Å². The van der Waals surface area contributed by atoms with Gasteiger partial charge in [0.2, 0.25) is 0 Å². The summed E-state index contributed by atoms with van der Waals surface area (Å²) >= 11 is 0. The fourth-order valence-electron chi connectivity index (χ4n) is 2.89. The van der Waals surface area contributed by atoms with E-state index in [0.29, 0.717) is 6.04 Å². The molecule has 0 aliphatic carbocycles. The molecule has 0 spiro atoms. The standard InChI is InChI=1S/C18H30N4O.HI/c1-4-19-18(20-5-2)21-14-17(22-9-11-23-12-10-22)16-8-6-7-15(3)13-16;/h6-8,13,17H,4-5,9-12,14H2,1-3H3,(H2,19,20,21);1H. The maximum Gasteiger partial charge on any atom is 0.191 e. The van der Waals surface area contributed by atoms with Gasteiger partial charge in [0.1, 0.15) is 0 Å². The van der Waals surface area contributed by atoms with Crippen LogP contribution in [-0.4, -0.2) is 56.8 Å². The average molecular weight is 446 g/mol. The zero-order chi connectivity index (χ0) is 16.5. The minimum Gasteiger partial charge on any atom is -0.379 e. The third-order valence-electron chi connectivity index (χ3n) is 4.02. The summed E-state index contributed by atoms with van der Waals surface area (Å²) in [5.41, 5.74) is 2.63. The van der Waals surface area contributed by atoms with E-state index in [1.807, 2.05) is 0 Å². The largest absolute Gasteiger partial charge is 0.379 e. The second-order valence-electron chi connectivity index (χ2n) is 5.83. The molecular weight excluding hydrogens is 415 g/mol. The molecule has 1 aliphatic heterocycles. The van der Waals surface area contributed by atoms with E-state index in [0.717, 1.165) is 51.9 Å². The summed E-state index contributed by atoms with van der Waals surface area (Å²) in [6.07, 6.45) is 0. The van der Waals surface area contributed by atoms with Gasteiger partial charge >= 0.3 is 0 Å². The van der Waals surface area contributed by atoms with Crippen molar-refractivity contribution < 1.29 is 4.74 Å². The number of aliphatic imine (C=N–C) groups is 1. The molecule has 1 aliphatic rings. The zero-order valence-electron chi connectivity index (χ0n) is 15.0. The Morgan fingerprint density at radius 2 is 1.88 bits per heavy atom. The number of ether oxygens (including phenoxy) is 1. The second kappa shape index (κ2) is 11.7. The minimum atomic E-state index is 0. The monoisotopic (exact) mass is 446 g/mol. The maximum atomic E-state index is 5.51. The minimum absolute atomic E-state index is 0. The van der Waals surface area contributed by atoms with E-state index in [2.05, 4.69) is 60.6 Å². The number of benzene rings is 1. The lowest BCUT2D eigenvalue weighted by Crippen LogP contribution is -2.41. The summed E-state index contributed by atoms with van der Waals surface area (Å²) in [5.74, 6) is 0.890. The molecule has 1 unspecified atom stereocenters. The van der Waals surface area contributed by atoms with Gasteiger partial charge in [0.05, 0.1) is 25.8 Å². The maximum absolute atomic E-state index is 5.51. The van der Waals surface area contributed by atoms with Crippen molar-refractivity contribution in [3.05, 3.63) is 35.4 Å². The van der Waals surface area contributed by atoms with E-state index in [9.17, 15) is 0 Å². The Bertz CT molecular complexity index is 496. The molecule has 1 aromatic carbocycles. The van der Waals surface area contributed by atoms with Crippen LogP contribution >= 0.6 is 24.0 Å². The van der Waals surface area contributed by atoms with Crippen molar-refractivity contribution in [2.45, 2.75) is 26.8 Å². The molecule has 1 fully saturated rings. The van der Waals surface area contributed by atoms with Crippen LogP contribution < -0.4 is 10.6 Å². The molecule has 2 rings (SSSR count). The second-order valence-corrected chi connectivity index (χ2v) is 5.83. The van der Waals surface area contributed by atoms with Gasteiger partial charge in [-0.05, 0) is 26.3 Å². The smallest absolute Gasteiger partial charge is 0.191 e. The Kier molecular flexibility index (Phi) is 10.3. The number of rotatable bonds is 6. The van der Waals surface area contributed by atoms with Crippen LogP contribution in [0, 0.1) is 6.92 Å². The Morgan fingerprint density at radius 1 is 1.21 bits per heavy atom. The van der Waals surface area contributed by atoms with E-state index >= 15 is 0 Å². The van der Waals surface area contributed by atoms with Crippen molar-refractivity contribution in [1.82, 2.24) is 15.5 Å². The van der Waals surface area contributed by atoms with Gasteiger partial charge in [0.25, 0.3) is 0 Å². The molecule has 0 bridgehead atoms. The first-order chi connectivity index (χ1) is 11.2. The normalized spacial score (nSPS) is 16.0. The topological polar surface area (TPSA) is 48.9 Å². The van der Waals surface area contributed by atoms with E-state index in [4.69, 9.17) is 9.73 Å². The molecule has 136 valence electrons. The van der Waals surface area contributed by atoms with Crippen molar-refractivity contribution in [2.24, 2.45) is 4.99 Å². The van der Waals surface area contributed by atoms with Crippen LogP contribution in [0.25, 0.3) is 0 Å². The molecule has 0 saturated carbocycles. The molecule has 1 aromatic rings. The molecule has 0 amide bonds. The molecule has 5 nitrogen and oxygen atoms in total. The number of aryl methyl sites for hydroxylation is 1. The van der Waals surface area contributed by atoms with Gasteiger partial charge in [-0.2, -0.15) is 0 Å². The molecule has 1 saturated heterocycles. The molecule has 1 heterocycles. The number of nitrogens with one attached hydrogen (secondary N) is 2. The van der Waals surface area contributed by atoms with Crippen molar-refractivity contribution in [3.8, 4) is 0 Å². The van der Waals surface area contributed by atoms with Crippen LogP contribution in [0.2, 0.25) is 0 Å². The van der Waals surface area contributed by atoms with E-state index < -0.39 is 0 Å². The Morgan fingerprint density at radius 3 is 2.46 bits per heavy atom. The van der Waals surface area contributed by atoms with E-state index in [-0.39, 0.29) is 24.0 Å². The highest BCUT2D eigenvalue weighted by molar-refractivity contribution is 14.0. The molecule has 1 atom stereocenters. The molecular formula is C18H31IN4O. The highest BCUT2D eigenvalue weighted by Crippen LogP contribution is 2.23. The predicted octanol–water partition coefficient (Wildman–Crippen LogP) is 2.56. The van der Waals surface area contributed by atoms with E-state index in [1.165, 1.54) is 11.1 Å². The summed E-state index contributed by atoms with van der Waals surface area (Å²) in [7, 11) is 0. The number of halogens is 1. The zero-order valence-corrected chi connectivity index (χ0v) is 17.4. The SMILES string of the molecule is CCNC(=NCC(c1cccc(C)c1)N1CCOCC1)NCC.I. The lowest BCUT2D eigenvalue weighted by Gasteiger charge is -2.34. The summed E-state index contributed by atoms with van der Waals surface area (Å²) in [6.45, 7) is 12.4. The summed E-state index contributed by atoms with van der Waals surface area (Å²) in [6, 6.07) is 9.06. The van der Waals surface area contributed by atoms with Gasteiger partial charge in [-0.15, -0.1) is 24.0 Å². The van der Waals surface area contributed by atoms with Crippen LogP contribution in [0.4, 0.5) is 0 Å².